The summed E-state index contributed by atoms with van der Waals surface area (Å²) in [6, 6.07) is 27.4. The maximum Gasteiger partial charge on any atom is 0.494 e. The van der Waals surface area contributed by atoms with Gasteiger partial charge in [0.2, 0.25) is 0 Å². The fraction of sp³-hybridized carbons (Fsp3) is 0.250. The highest BCUT2D eigenvalue weighted by Gasteiger charge is 2.51. The highest BCUT2D eigenvalue weighted by molar-refractivity contribution is 6.62. The molecular weight excluding hydrogens is 455 g/mol. The van der Waals surface area contributed by atoms with Crippen LogP contribution < -0.4 is 5.46 Å². The van der Waals surface area contributed by atoms with Crippen molar-refractivity contribution in [2.24, 2.45) is 0 Å². The third-order valence-electron chi connectivity index (χ3n) is 7.82. The van der Waals surface area contributed by atoms with Crippen molar-refractivity contribution in [2.75, 3.05) is 0 Å². The van der Waals surface area contributed by atoms with Crippen molar-refractivity contribution in [3.8, 4) is 33.8 Å². The molecule has 0 amide bonds. The molecule has 1 fully saturated rings. The molecule has 37 heavy (non-hydrogen) atoms. The van der Waals surface area contributed by atoms with E-state index in [0.717, 1.165) is 52.2 Å². The Morgan fingerprint density at radius 1 is 0.676 bits per heavy atom. The average molecular weight is 486 g/mol. The largest absolute Gasteiger partial charge is 0.494 e. The van der Waals surface area contributed by atoms with E-state index in [-0.39, 0.29) is 18.3 Å². The van der Waals surface area contributed by atoms with Gasteiger partial charge in [-0.2, -0.15) is 0 Å². The highest BCUT2D eigenvalue weighted by Crippen LogP contribution is 2.37. The third-order valence-corrected chi connectivity index (χ3v) is 7.82. The van der Waals surface area contributed by atoms with Gasteiger partial charge in [0, 0.05) is 16.7 Å². The van der Waals surface area contributed by atoms with E-state index in [4.69, 9.17) is 19.3 Å². The predicted molar refractivity (Wildman–Crippen MR) is 151 cm³/mol. The number of rotatable bonds is 4. The lowest BCUT2D eigenvalue weighted by atomic mass is 9.79. The fourth-order valence-electron chi connectivity index (χ4n) is 4.87. The van der Waals surface area contributed by atoms with Crippen molar-refractivity contribution >= 4 is 18.7 Å². The molecule has 0 saturated carbocycles. The molecule has 0 radical (unpaired) electrons. The Morgan fingerprint density at radius 3 is 1.95 bits per heavy atom. The zero-order valence-corrected chi connectivity index (χ0v) is 21.9. The highest BCUT2D eigenvalue weighted by atomic mass is 16.7. The minimum absolute atomic E-state index is 0.365. The van der Waals surface area contributed by atoms with Crippen LogP contribution in [-0.2, 0) is 15.7 Å². The number of aromatic nitrogens is 2. The molecule has 1 aliphatic carbocycles. The molecule has 1 saturated heterocycles. The zero-order chi connectivity index (χ0) is 25.6. The van der Waals surface area contributed by atoms with Gasteiger partial charge in [-0.05, 0) is 57.1 Å². The van der Waals surface area contributed by atoms with E-state index >= 15 is 0 Å². The van der Waals surface area contributed by atoms with Crippen LogP contribution in [0.3, 0.4) is 0 Å². The number of hydrogen-bond acceptors (Lipinski definition) is 4. The zero-order valence-electron chi connectivity index (χ0n) is 21.9. The van der Waals surface area contributed by atoms with Crippen molar-refractivity contribution in [1.29, 1.82) is 0 Å². The number of allylic oxidation sites excluding steroid dienone is 1. The van der Waals surface area contributed by atoms with Gasteiger partial charge in [-0.25, -0.2) is 9.97 Å². The van der Waals surface area contributed by atoms with Gasteiger partial charge in [-0.15, -0.1) is 0 Å². The Hall–Kier alpha value is -3.54. The molecule has 4 nitrogen and oxygen atoms in total. The topological polar surface area (TPSA) is 44.2 Å². The summed E-state index contributed by atoms with van der Waals surface area (Å²) in [5.41, 5.74) is 7.96. The Balaban J connectivity index is 1.34. The van der Waals surface area contributed by atoms with Gasteiger partial charge in [-0.1, -0.05) is 91.0 Å². The average Bonchev–Trinajstić information content (AvgIpc) is 3.15. The molecule has 4 aromatic rings. The van der Waals surface area contributed by atoms with Crippen molar-refractivity contribution in [2.45, 2.75) is 51.7 Å². The second-order valence-electron chi connectivity index (χ2n) is 10.9. The van der Waals surface area contributed by atoms with Gasteiger partial charge in [0.15, 0.2) is 5.82 Å². The first kappa shape index (κ1) is 23.8. The standard InChI is InChI=1S/C32H31BN2O2/c1-31(2)32(3,4)37-33(36-31)26-20-18-25(19-21-26)30-34-28-13-9-8-12-27(28)29(35-30)24-16-14-23(15-17-24)22-10-6-5-7-11-22/h5-8,10-12,14-21H,9,13H2,1-4H3. The molecule has 0 spiro atoms. The maximum absolute atomic E-state index is 6.23. The summed E-state index contributed by atoms with van der Waals surface area (Å²) in [6.07, 6.45) is 6.30. The summed E-state index contributed by atoms with van der Waals surface area (Å²) in [5.74, 6) is 0.747. The van der Waals surface area contributed by atoms with Crippen molar-refractivity contribution in [3.05, 3.63) is 96.2 Å². The molecule has 0 unspecified atom stereocenters. The molecule has 3 aromatic carbocycles. The Bertz CT molecular complexity index is 1440. The summed E-state index contributed by atoms with van der Waals surface area (Å²) in [4.78, 5) is 10.1. The lowest BCUT2D eigenvalue weighted by molar-refractivity contribution is 0.00578. The van der Waals surface area contributed by atoms with Crippen molar-refractivity contribution in [1.82, 2.24) is 9.97 Å². The van der Waals surface area contributed by atoms with E-state index in [0.29, 0.717) is 0 Å². The monoisotopic (exact) mass is 486 g/mol. The summed E-state index contributed by atoms with van der Waals surface area (Å²) < 4.78 is 12.5. The van der Waals surface area contributed by atoms with Gasteiger partial charge in [0.25, 0.3) is 0 Å². The molecule has 184 valence electrons. The molecular formula is C32H31BN2O2. The van der Waals surface area contributed by atoms with Crippen LogP contribution in [0.4, 0.5) is 0 Å². The first-order valence-electron chi connectivity index (χ1n) is 13.0. The summed E-state index contributed by atoms with van der Waals surface area (Å²) in [5, 5.41) is 0. The molecule has 0 bridgehead atoms. The van der Waals surface area contributed by atoms with Crippen LogP contribution in [0.25, 0.3) is 39.8 Å². The SMILES string of the molecule is CC1(C)OB(c2ccc(-c3nc4c(c(-c5ccc(-c6ccccc6)cc5)n3)C=CCC4)cc2)OC1(C)C. The third kappa shape index (κ3) is 4.43. The maximum atomic E-state index is 6.23. The first-order chi connectivity index (χ1) is 17.8. The van der Waals surface area contributed by atoms with Crippen LogP contribution in [0.15, 0.2) is 84.9 Å². The van der Waals surface area contributed by atoms with E-state index in [9.17, 15) is 0 Å². The van der Waals surface area contributed by atoms with Gasteiger partial charge in [0.05, 0.1) is 22.6 Å². The van der Waals surface area contributed by atoms with E-state index in [1.54, 1.807) is 0 Å². The Morgan fingerprint density at radius 2 is 1.27 bits per heavy atom. The van der Waals surface area contributed by atoms with Crippen molar-refractivity contribution in [3.63, 3.8) is 0 Å². The molecule has 0 atom stereocenters. The minimum atomic E-state index is -0.382. The van der Waals surface area contributed by atoms with Crippen LogP contribution in [0.1, 0.15) is 45.4 Å². The van der Waals surface area contributed by atoms with Gasteiger partial charge >= 0.3 is 7.12 Å². The minimum Gasteiger partial charge on any atom is -0.399 e. The molecule has 2 heterocycles. The Kier molecular flexibility index (Phi) is 5.86. The molecule has 1 aliphatic heterocycles. The summed E-state index contributed by atoms with van der Waals surface area (Å²) in [7, 11) is -0.382. The number of aryl methyl sites for hydroxylation is 1. The summed E-state index contributed by atoms with van der Waals surface area (Å²) >= 11 is 0. The molecule has 2 aliphatic rings. The van der Waals surface area contributed by atoms with E-state index in [1.807, 2.05) is 6.07 Å². The van der Waals surface area contributed by atoms with Crippen LogP contribution in [0.5, 0.6) is 0 Å². The first-order valence-corrected chi connectivity index (χ1v) is 13.0. The van der Waals surface area contributed by atoms with Crippen LogP contribution in [0.2, 0.25) is 0 Å². The Labute approximate surface area is 219 Å². The second-order valence-corrected chi connectivity index (χ2v) is 10.9. The molecule has 5 heteroatoms. The number of benzene rings is 3. The van der Waals surface area contributed by atoms with Crippen LogP contribution in [-0.4, -0.2) is 28.3 Å². The normalized spacial score (nSPS) is 17.6. The predicted octanol–water partition coefficient (Wildman–Crippen LogP) is 6.74. The van der Waals surface area contributed by atoms with Gasteiger partial charge in [0.1, 0.15) is 0 Å². The quantitative estimate of drug-likeness (QED) is 0.300. The molecule has 0 N–H and O–H groups in total. The van der Waals surface area contributed by atoms with Crippen LogP contribution >= 0.6 is 0 Å². The number of hydrogen-bond donors (Lipinski definition) is 0. The number of nitrogens with zero attached hydrogens (tertiary/aromatic N) is 2. The van der Waals surface area contributed by atoms with Gasteiger partial charge in [-0.3, -0.25) is 0 Å². The van der Waals surface area contributed by atoms with Crippen molar-refractivity contribution < 1.29 is 9.31 Å². The second kappa shape index (κ2) is 9.09. The van der Waals surface area contributed by atoms with Gasteiger partial charge < -0.3 is 9.31 Å². The lowest BCUT2D eigenvalue weighted by Gasteiger charge is -2.32. The molecule has 6 rings (SSSR count). The van der Waals surface area contributed by atoms with E-state index in [2.05, 4.69) is 113 Å². The van der Waals surface area contributed by atoms with E-state index in [1.165, 1.54) is 11.1 Å². The fourth-order valence-corrected chi connectivity index (χ4v) is 4.87. The van der Waals surface area contributed by atoms with E-state index < -0.39 is 0 Å². The molecule has 1 aromatic heterocycles. The lowest BCUT2D eigenvalue weighted by Crippen LogP contribution is -2.41. The van der Waals surface area contributed by atoms with Crippen LogP contribution in [0, 0.1) is 0 Å². The number of fused-ring (bicyclic) bond motifs is 1. The smallest absolute Gasteiger partial charge is 0.399 e. The summed E-state index contributed by atoms with van der Waals surface area (Å²) in [6.45, 7) is 8.30.